The Kier molecular flexibility index (Phi) is 11.9. The van der Waals surface area contributed by atoms with E-state index in [1.807, 2.05) is 4.90 Å². The molecule has 0 saturated heterocycles. The molecule has 0 unspecified atom stereocenters. The average molecular weight is 780 g/mol. The Morgan fingerprint density at radius 2 is 1.42 bits per heavy atom. The number of imide groups is 1. The first-order valence-corrected chi connectivity index (χ1v) is 18.6. The van der Waals surface area contributed by atoms with Crippen molar-refractivity contribution in [3.05, 3.63) is 64.1 Å². The van der Waals surface area contributed by atoms with E-state index in [0.29, 0.717) is 24.5 Å². The SMILES string of the molecule is CC(C)(C)OC(=O)N(CCOC(=O)N(c1ccc(N2CCc3cc(NS(=O)(=O)c4cc(Cl)cc(Cl)c4)ccc32)nn1)C(C)(C)C)C(=O)OC(C)(C)C. The molecular formula is C35H44Cl2N6O8S. The molecule has 3 amide bonds. The van der Waals surface area contributed by atoms with Crippen molar-refractivity contribution in [1.29, 1.82) is 0 Å². The number of halogens is 2. The molecule has 2 heterocycles. The molecule has 1 aliphatic heterocycles. The Bertz CT molecular complexity index is 1870. The number of benzene rings is 2. The molecule has 0 fully saturated rings. The topological polar surface area (TPSA) is 161 Å². The number of fused-ring (bicyclic) bond motifs is 1. The van der Waals surface area contributed by atoms with Crippen molar-refractivity contribution in [1.82, 2.24) is 15.1 Å². The highest BCUT2D eigenvalue weighted by Crippen LogP contribution is 2.36. The van der Waals surface area contributed by atoms with E-state index in [4.69, 9.17) is 37.4 Å². The molecule has 1 N–H and O–H groups in total. The van der Waals surface area contributed by atoms with Gasteiger partial charge in [0.2, 0.25) is 0 Å². The summed E-state index contributed by atoms with van der Waals surface area (Å²) in [5.74, 6) is 0.722. The van der Waals surface area contributed by atoms with E-state index >= 15 is 0 Å². The summed E-state index contributed by atoms with van der Waals surface area (Å²) in [4.78, 5) is 43.1. The fourth-order valence-electron chi connectivity index (χ4n) is 5.07. The fraction of sp³-hybridized carbons (Fsp3) is 0.457. The van der Waals surface area contributed by atoms with Gasteiger partial charge in [-0.25, -0.2) is 27.7 Å². The second kappa shape index (κ2) is 15.3. The maximum Gasteiger partial charge on any atom is 0.419 e. The predicted octanol–water partition coefficient (Wildman–Crippen LogP) is 8.19. The molecule has 1 aromatic heterocycles. The summed E-state index contributed by atoms with van der Waals surface area (Å²) < 4.78 is 44.8. The number of hydrogen-bond donors (Lipinski definition) is 1. The lowest BCUT2D eigenvalue weighted by Crippen LogP contribution is -2.48. The minimum atomic E-state index is -3.95. The second-order valence-corrected chi connectivity index (χ2v) is 17.5. The number of nitrogens with zero attached hydrogens (tertiary/aromatic N) is 5. The normalized spacial score (nSPS) is 13.2. The largest absolute Gasteiger partial charge is 0.447 e. The average Bonchev–Trinajstić information content (AvgIpc) is 3.40. The molecule has 4 rings (SSSR count). The van der Waals surface area contributed by atoms with Crippen LogP contribution in [0.5, 0.6) is 0 Å². The van der Waals surface area contributed by atoms with Crippen molar-refractivity contribution in [2.45, 2.75) is 90.4 Å². The van der Waals surface area contributed by atoms with E-state index in [9.17, 15) is 22.8 Å². The zero-order chi connectivity index (χ0) is 38.8. The van der Waals surface area contributed by atoms with Gasteiger partial charge in [0.05, 0.1) is 11.4 Å². The van der Waals surface area contributed by atoms with E-state index in [1.165, 1.54) is 23.1 Å². The third-order valence-corrected chi connectivity index (χ3v) is 8.93. The smallest absolute Gasteiger partial charge is 0.419 e. The van der Waals surface area contributed by atoms with Gasteiger partial charge in [0, 0.05) is 33.5 Å². The van der Waals surface area contributed by atoms with Crippen molar-refractivity contribution in [2.75, 3.05) is 34.2 Å². The maximum atomic E-state index is 13.4. The summed E-state index contributed by atoms with van der Waals surface area (Å²) in [5, 5.41) is 9.14. The van der Waals surface area contributed by atoms with Crippen LogP contribution >= 0.6 is 23.2 Å². The molecule has 0 aliphatic carbocycles. The molecule has 14 nitrogen and oxygen atoms in total. The second-order valence-electron chi connectivity index (χ2n) is 14.9. The summed E-state index contributed by atoms with van der Waals surface area (Å²) in [6.45, 7) is 15.3. The highest BCUT2D eigenvalue weighted by Gasteiger charge is 2.34. The highest BCUT2D eigenvalue weighted by molar-refractivity contribution is 7.92. The van der Waals surface area contributed by atoms with Crippen LogP contribution in [0.15, 0.2) is 53.4 Å². The van der Waals surface area contributed by atoms with Gasteiger partial charge in [0.1, 0.15) is 17.8 Å². The summed E-state index contributed by atoms with van der Waals surface area (Å²) in [6, 6.07) is 12.6. The zero-order valence-electron chi connectivity index (χ0n) is 30.6. The minimum absolute atomic E-state index is 0.0563. The van der Waals surface area contributed by atoms with Gasteiger partial charge in [-0.05, 0) is 123 Å². The van der Waals surface area contributed by atoms with E-state index in [2.05, 4.69) is 14.9 Å². The van der Waals surface area contributed by atoms with E-state index in [1.54, 1.807) is 92.6 Å². The van der Waals surface area contributed by atoms with Gasteiger partial charge in [-0.2, -0.15) is 0 Å². The monoisotopic (exact) mass is 778 g/mol. The lowest BCUT2D eigenvalue weighted by Gasteiger charge is -2.34. The van der Waals surface area contributed by atoms with Crippen LogP contribution in [0.4, 0.5) is 37.4 Å². The number of ether oxygens (including phenoxy) is 3. The van der Waals surface area contributed by atoms with Gasteiger partial charge >= 0.3 is 18.3 Å². The number of sulfonamides is 1. The van der Waals surface area contributed by atoms with Gasteiger partial charge in [-0.3, -0.25) is 9.62 Å². The van der Waals surface area contributed by atoms with Gasteiger partial charge in [0.25, 0.3) is 10.0 Å². The number of amides is 3. The van der Waals surface area contributed by atoms with Crippen molar-refractivity contribution in [3.63, 3.8) is 0 Å². The lowest BCUT2D eigenvalue weighted by atomic mass is 10.1. The molecule has 17 heteroatoms. The van der Waals surface area contributed by atoms with Gasteiger partial charge < -0.3 is 19.1 Å². The van der Waals surface area contributed by atoms with Gasteiger partial charge in [-0.1, -0.05) is 23.2 Å². The third kappa shape index (κ3) is 10.6. The third-order valence-electron chi connectivity index (χ3n) is 7.14. The van der Waals surface area contributed by atoms with Crippen molar-refractivity contribution >= 4 is 74.5 Å². The van der Waals surface area contributed by atoms with E-state index in [-0.39, 0.29) is 33.9 Å². The van der Waals surface area contributed by atoms with Crippen LogP contribution in [0, 0.1) is 0 Å². The van der Waals surface area contributed by atoms with Crippen molar-refractivity contribution in [2.24, 2.45) is 0 Å². The maximum absolute atomic E-state index is 13.4. The van der Waals surface area contributed by atoms with E-state index < -0.39 is 45.0 Å². The number of anilines is 4. The fourth-order valence-corrected chi connectivity index (χ4v) is 6.85. The van der Waals surface area contributed by atoms with Crippen LogP contribution in [0.2, 0.25) is 10.0 Å². The first-order chi connectivity index (χ1) is 23.9. The quantitative estimate of drug-likeness (QED) is 0.220. The lowest BCUT2D eigenvalue weighted by molar-refractivity contribution is -0.00213. The number of carbonyl (C=O) groups excluding carboxylic acids is 3. The summed E-state index contributed by atoms with van der Waals surface area (Å²) in [5.41, 5.74) is -0.474. The molecule has 52 heavy (non-hydrogen) atoms. The number of hydrogen-bond acceptors (Lipinski definition) is 11. The van der Waals surface area contributed by atoms with Crippen LogP contribution in [0.25, 0.3) is 0 Å². The molecule has 0 saturated carbocycles. The molecule has 0 radical (unpaired) electrons. The molecular weight excluding hydrogens is 735 g/mol. The van der Waals surface area contributed by atoms with E-state index in [0.717, 1.165) is 16.2 Å². The molecule has 3 aromatic rings. The van der Waals surface area contributed by atoms with Crippen LogP contribution < -0.4 is 14.5 Å². The molecule has 0 atom stereocenters. The minimum Gasteiger partial charge on any atom is -0.447 e. The van der Waals surface area contributed by atoms with Crippen molar-refractivity contribution in [3.8, 4) is 0 Å². The van der Waals surface area contributed by atoms with Crippen LogP contribution in [0.3, 0.4) is 0 Å². The zero-order valence-corrected chi connectivity index (χ0v) is 32.9. The highest BCUT2D eigenvalue weighted by atomic mass is 35.5. The Labute approximate surface area is 314 Å². The Hall–Kier alpha value is -4.34. The first-order valence-electron chi connectivity index (χ1n) is 16.4. The first kappa shape index (κ1) is 40.4. The standard InChI is InChI=1S/C35H44Cl2N6O8S/c1-33(2,3)43(32(46)49-17-16-42(30(44)50-34(4,5)6)31(45)51-35(7,8)9)29-13-12-28(38-39-29)41-15-14-22-18-25(10-11-27(22)41)40-52(47,48)26-20-23(36)19-24(37)21-26/h10-13,18-21,40H,14-17H2,1-9H3. The summed E-state index contributed by atoms with van der Waals surface area (Å²) in [7, 11) is -3.95. The van der Waals surface area contributed by atoms with Gasteiger partial charge in [-0.15, -0.1) is 10.2 Å². The number of aromatic nitrogens is 2. The molecule has 0 bridgehead atoms. The van der Waals surface area contributed by atoms with Crippen LogP contribution in [0.1, 0.15) is 67.9 Å². The molecule has 0 spiro atoms. The number of carbonyl (C=O) groups is 3. The molecule has 2 aromatic carbocycles. The Morgan fingerprint density at radius 3 is 1.94 bits per heavy atom. The van der Waals surface area contributed by atoms with Gasteiger partial charge in [0.15, 0.2) is 11.6 Å². The van der Waals surface area contributed by atoms with Crippen LogP contribution in [-0.2, 0) is 30.7 Å². The van der Waals surface area contributed by atoms with Crippen LogP contribution in [-0.4, -0.2) is 78.2 Å². The summed E-state index contributed by atoms with van der Waals surface area (Å²) >= 11 is 12.0. The molecule has 1 aliphatic rings. The Balaban J connectivity index is 1.46. The Morgan fingerprint density at radius 1 is 0.827 bits per heavy atom. The van der Waals surface area contributed by atoms with Crippen molar-refractivity contribution < 1.29 is 37.0 Å². The summed E-state index contributed by atoms with van der Waals surface area (Å²) in [6.07, 6.45) is -2.03. The molecule has 282 valence electrons. The number of rotatable bonds is 8. The number of nitrogens with one attached hydrogen (secondary N) is 1. The predicted molar refractivity (Wildman–Crippen MR) is 199 cm³/mol.